The predicted octanol–water partition coefficient (Wildman–Crippen LogP) is 1.73. The summed E-state index contributed by atoms with van der Waals surface area (Å²) >= 11 is 0. The molecule has 0 spiro atoms. The van der Waals surface area contributed by atoms with E-state index in [1.54, 1.807) is 6.20 Å². The Labute approximate surface area is 152 Å². The highest BCUT2D eigenvalue weighted by Crippen LogP contribution is 2.55. The Kier molecular flexibility index (Phi) is 3.64. The van der Waals surface area contributed by atoms with Gasteiger partial charge in [-0.05, 0) is 62.7 Å². The molecule has 1 amide bonds. The first-order valence-corrected chi connectivity index (χ1v) is 9.74. The van der Waals surface area contributed by atoms with E-state index in [0.29, 0.717) is 41.2 Å². The molecule has 5 aliphatic rings. The van der Waals surface area contributed by atoms with Crippen molar-refractivity contribution in [2.24, 2.45) is 17.8 Å². The molecule has 7 heteroatoms. The van der Waals surface area contributed by atoms with Gasteiger partial charge in [-0.3, -0.25) is 4.79 Å². The number of methoxy groups -OCH3 is 1. The molecule has 0 radical (unpaired) electrons. The van der Waals surface area contributed by atoms with Gasteiger partial charge in [0.25, 0.3) is 5.91 Å². The highest BCUT2D eigenvalue weighted by Gasteiger charge is 2.55. The highest BCUT2D eigenvalue weighted by atomic mass is 16.5. The molecule has 5 saturated carbocycles. The van der Waals surface area contributed by atoms with Crippen molar-refractivity contribution in [1.82, 2.24) is 15.3 Å². The van der Waals surface area contributed by atoms with E-state index in [-0.39, 0.29) is 11.9 Å². The second kappa shape index (κ2) is 5.81. The molecule has 2 unspecified atom stereocenters. The van der Waals surface area contributed by atoms with E-state index in [2.05, 4.69) is 20.6 Å². The van der Waals surface area contributed by atoms with Crippen LogP contribution in [-0.2, 0) is 0 Å². The van der Waals surface area contributed by atoms with Crippen LogP contribution in [0.25, 0.3) is 0 Å². The fourth-order valence-corrected chi connectivity index (χ4v) is 5.60. The molecule has 3 N–H and O–H groups in total. The normalized spacial score (nSPS) is 37.5. The molecule has 2 atom stereocenters. The van der Waals surface area contributed by atoms with E-state index in [9.17, 15) is 9.90 Å². The number of nitrogens with one attached hydrogen (secondary N) is 2. The standard InChI is InChI=1S/C19H26N4O3/c1-26-17-14(9-20-18(23-17)21-13-2-3-13)16(24)22-15-11-4-10-5-12(15)8-19(25,6-10)7-11/h9-13,15,25H,2-8H2,1H3,(H,22,24)(H,20,21,23). The minimum Gasteiger partial charge on any atom is -0.480 e. The molecular formula is C19H26N4O3. The molecule has 140 valence electrons. The van der Waals surface area contributed by atoms with Gasteiger partial charge in [0, 0.05) is 18.3 Å². The Morgan fingerprint density at radius 1 is 1.27 bits per heavy atom. The number of anilines is 1. The number of nitrogens with zero attached hydrogens (tertiary/aromatic N) is 2. The molecule has 5 aliphatic carbocycles. The van der Waals surface area contributed by atoms with Crippen molar-refractivity contribution < 1.29 is 14.6 Å². The third-order valence-electron chi connectivity index (χ3n) is 6.64. The number of amides is 1. The summed E-state index contributed by atoms with van der Waals surface area (Å²) in [4.78, 5) is 21.5. The number of ether oxygens (including phenoxy) is 1. The summed E-state index contributed by atoms with van der Waals surface area (Å²) in [5.41, 5.74) is -0.115. The summed E-state index contributed by atoms with van der Waals surface area (Å²) in [6, 6.07) is 0.575. The van der Waals surface area contributed by atoms with Crippen LogP contribution in [0.4, 0.5) is 5.95 Å². The number of aliphatic hydroxyl groups is 1. The second-order valence-electron chi connectivity index (χ2n) is 8.73. The first-order valence-electron chi connectivity index (χ1n) is 9.74. The lowest BCUT2D eigenvalue weighted by molar-refractivity contribution is -0.136. The van der Waals surface area contributed by atoms with Crippen LogP contribution < -0.4 is 15.4 Å². The first kappa shape index (κ1) is 16.3. The van der Waals surface area contributed by atoms with Crippen LogP contribution in [0.15, 0.2) is 6.20 Å². The zero-order valence-corrected chi connectivity index (χ0v) is 15.1. The molecule has 26 heavy (non-hydrogen) atoms. The maximum atomic E-state index is 12.9. The quantitative estimate of drug-likeness (QED) is 0.742. The maximum absolute atomic E-state index is 12.9. The molecule has 0 aliphatic heterocycles. The van der Waals surface area contributed by atoms with Gasteiger partial charge in [-0.1, -0.05) is 0 Å². The molecule has 1 aromatic heterocycles. The number of hydrogen-bond donors (Lipinski definition) is 3. The summed E-state index contributed by atoms with van der Waals surface area (Å²) in [5.74, 6) is 2.01. The second-order valence-corrected chi connectivity index (χ2v) is 8.73. The SMILES string of the molecule is COc1nc(NC2CC2)ncc1C(=O)NC1C2CC3CC1CC(O)(C3)C2. The van der Waals surface area contributed by atoms with E-state index in [1.807, 2.05) is 0 Å². The molecule has 0 saturated heterocycles. The van der Waals surface area contributed by atoms with Crippen molar-refractivity contribution in [2.75, 3.05) is 12.4 Å². The van der Waals surface area contributed by atoms with E-state index < -0.39 is 5.60 Å². The van der Waals surface area contributed by atoms with Crippen molar-refractivity contribution in [3.05, 3.63) is 11.8 Å². The van der Waals surface area contributed by atoms with Crippen molar-refractivity contribution >= 4 is 11.9 Å². The van der Waals surface area contributed by atoms with Gasteiger partial charge < -0.3 is 20.5 Å². The Bertz CT molecular complexity index is 719. The minimum absolute atomic E-state index is 0.133. The van der Waals surface area contributed by atoms with Crippen molar-refractivity contribution in [1.29, 1.82) is 0 Å². The lowest BCUT2D eigenvalue weighted by Crippen LogP contribution is -2.61. The highest BCUT2D eigenvalue weighted by molar-refractivity contribution is 5.96. The fourth-order valence-electron chi connectivity index (χ4n) is 5.60. The Balaban J connectivity index is 1.32. The third kappa shape index (κ3) is 2.82. The number of hydrogen-bond acceptors (Lipinski definition) is 6. The summed E-state index contributed by atoms with van der Waals surface area (Å²) in [7, 11) is 1.53. The van der Waals surface area contributed by atoms with Crippen LogP contribution in [0.2, 0.25) is 0 Å². The topological polar surface area (TPSA) is 96.4 Å². The zero-order chi connectivity index (χ0) is 17.9. The van der Waals surface area contributed by atoms with Gasteiger partial charge in [-0.15, -0.1) is 0 Å². The Hall–Kier alpha value is -1.89. The van der Waals surface area contributed by atoms with E-state index in [0.717, 1.165) is 44.9 Å². The average Bonchev–Trinajstić information content (AvgIpc) is 3.40. The summed E-state index contributed by atoms with van der Waals surface area (Å²) in [6.07, 6.45) is 8.60. The van der Waals surface area contributed by atoms with E-state index >= 15 is 0 Å². The molecule has 1 heterocycles. The van der Waals surface area contributed by atoms with Gasteiger partial charge in [0.15, 0.2) is 0 Å². The average molecular weight is 358 g/mol. The van der Waals surface area contributed by atoms with Gasteiger partial charge >= 0.3 is 0 Å². The monoisotopic (exact) mass is 358 g/mol. The van der Waals surface area contributed by atoms with Crippen LogP contribution in [0.3, 0.4) is 0 Å². The van der Waals surface area contributed by atoms with Gasteiger partial charge in [0.1, 0.15) is 5.56 Å². The fraction of sp³-hybridized carbons (Fsp3) is 0.737. The lowest BCUT2D eigenvalue weighted by Gasteiger charge is -2.58. The van der Waals surface area contributed by atoms with Crippen LogP contribution in [0.1, 0.15) is 55.3 Å². The smallest absolute Gasteiger partial charge is 0.258 e. The van der Waals surface area contributed by atoms with Gasteiger partial charge in [-0.25, -0.2) is 4.98 Å². The van der Waals surface area contributed by atoms with Crippen LogP contribution >= 0.6 is 0 Å². The first-order chi connectivity index (χ1) is 12.5. The number of aromatic nitrogens is 2. The maximum Gasteiger partial charge on any atom is 0.258 e. The molecule has 4 bridgehead atoms. The molecule has 6 rings (SSSR count). The van der Waals surface area contributed by atoms with E-state index in [4.69, 9.17) is 4.74 Å². The summed E-state index contributed by atoms with van der Waals surface area (Å²) < 4.78 is 5.34. The summed E-state index contributed by atoms with van der Waals surface area (Å²) in [5, 5.41) is 17.1. The van der Waals surface area contributed by atoms with Crippen LogP contribution in [0, 0.1) is 17.8 Å². The number of rotatable bonds is 5. The Morgan fingerprint density at radius 2 is 2.00 bits per heavy atom. The molecule has 1 aromatic rings. The predicted molar refractivity (Wildman–Crippen MR) is 95.0 cm³/mol. The minimum atomic E-state index is -0.491. The molecule has 0 aromatic carbocycles. The van der Waals surface area contributed by atoms with Crippen molar-refractivity contribution in [3.8, 4) is 5.88 Å². The van der Waals surface area contributed by atoms with Gasteiger partial charge in [0.05, 0.1) is 12.7 Å². The zero-order valence-electron chi connectivity index (χ0n) is 15.1. The van der Waals surface area contributed by atoms with Crippen LogP contribution in [0.5, 0.6) is 5.88 Å². The van der Waals surface area contributed by atoms with Gasteiger partial charge in [-0.2, -0.15) is 4.98 Å². The molecular weight excluding hydrogens is 332 g/mol. The Morgan fingerprint density at radius 3 is 2.62 bits per heavy atom. The molecule has 5 fully saturated rings. The largest absolute Gasteiger partial charge is 0.480 e. The number of carbonyl (C=O) groups is 1. The van der Waals surface area contributed by atoms with Crippen LogP contribution in [-0.4, -0.2) is 45.8 Å². The van der Waals surface area contributed by atoms with Crippen molar-refractivity contribution in [3.63, 3.8) is 0 Å². The lowest BCUT2D eigenvalue weighted by atomic mass is 9.52. The molecule has 7 nitrogen and oxygen atoms in total. The van der Waals surface area contributed by atoms with E-state index in [1.165, 1.54) is 7.11 Å². The van der Waals surface area contributed by atoms with Crippen molar-refractivity contribution in [2.45, 2.75) is 62.6 Å². The van der Waals surface area contributed by atoms with Gasteiger partial charge in [0.2, 0.25) is 11.8 Å². The number of carbonyl (C=O) groups excluding carboxylic acids is 1. The third-order valence-corrected chi connectivity index (χ3v) is 6.64. The summed E-state index contributed by atoms with van der Waals surface area (Å²) in [6.45, 7) is 0.